The van der Waals surface area contributed by atoms with Crippen molar-refractivity contribution in [1.82, 2.24) is 0 Å². The van der Waals surface area contributed by atoms with Crippen LogP contribution in [0.2, 0.25) is 0 Å². The summed E-state index contributed by atoms with van der Waals surface area (Å²) in [6.07, 6.45) is 1.69. The lowest BCUT2D eigenvalue weighted by Gasteiger charge is -2.14. The first-order chi connectivity index (χ1) is 11.7. The van der Waals surface area contributed by atoms with Gasteiger partial charge in [-0.3, -0.25) is 4.79 Å². The van der Waals surface area contributed by atoms with Crippen molar-refractivity contribution in [2.75, 3.05) is 27.4 Å². The van der Waals surface area contributed by atoms with E-state index in [-0.39, 0.29) is 0 Å². The summed E-state index contributed by atoms with van der Waals surface area (Å²) in [5, 5.41) is 0. The average molecular weight is 330 g/mol. The lowest BCUT2D eigenvalue weighted by molar-refractivity contribution is 0.112. The largest absolute Gasteiger partial charge is 0.493 e. The van der Waals surface area contributed by atoms with Crippen molar-refractivity contribution in [3.63, 3.8) is 0 Å². The molecule has 0 fully saturated rings. The molecule has 0 unspecified atom stereocenters. The topological polar surface area (TPSA) is 54.0 Å². The summed E-state index contributed by atoms with van der Waals surface area (Å²) in [6.45, 7) is 2.75. The third-order valence-corrected chi connectivity index (χ3v) is 3.56. The second-order valence-corrected chi connectivity index (χ2v) is 5.06. The summed E-state index contributed by atoms with van der Waals surface area (Å²) in [5.74, 6) is 2.47. The minimum Gasteiger partial charge on any atom is -0.493 e. The van der Waals surface area contributed by atoms with E-state index in [9.17, 15) is 4.79 Å². The zero-order chi connectivity index (χ0) is 17.4. The predicted molar refractivity (Wildman–Crippen MR) is 91.7 cm³/mol. The Bertz CT molecular complexity index is 681. The predicted octanol–water partition coefficient (Wildman–Crippen LogP) is 3.54. The number of carbonyl (C=O) groups is 1. The Balaban J connectivity index is 1.97. The summed E-state index contributed by atoms with van der Waals surface area (Å²) in [6, 6.07) is 10.9. The molecular weight excluding hydrogens is 308 g/mol. The van der Waals surface area contributed by atoms with Crippen LogP contribution in [0.4, 0.5) is 0 Å². The van der Waals surface area contributed by atoms with Crippen LogP contribution in [0.15, 0.2) is 36.4 Å². The van der Waals surface area contributed by atoms with Crippen LogP contribution in [0.3, 0.4) is 0 Å². The summed E-state index contributed by atoms with van der Waals surface area (Å²) < 4.78 is 22.0. The first-order valence-electron chi connectivity index (χ1n) is 7.77. The van der Waals surface area contributed by atoms with Gasteiger partial charge >= 0.3 is 0 Å². The van der Waals surface area contributed by atoms with Crippen molar-refractivity contribution >= 4 is 6.29 Å². The number of aldehydes is 1. The molecule has 0 atom stereocenters. The maximum absolute atomic E-state index is 10.9. The van der Waals surface area contributed by atoms with Crippen LogP contribution >= 0.6 is 0 Å². The Morgan fingerprint density at radius 1 is 0.833 bits per heavy atom. The van der Waals surface area contributed by atoms with Gasteiger partial charge in [0, 0.05) is 5.56 Å². The van der Waals surface area contributed by atoms with Gasteiger partial charge in [0.05, 0.1) is 14.2 Å². The highest BCUT2D eigenvalue weighted by atomic mass is 16.5. The molecule has 0 heterocycles. The fourth-order valence-electron chi connectivity index (χ4n) is 2.24. The van der Waals surface area contributed by atoms with E-state index in [1.54, 1.807) is 32.4 Å². The van der Waals surface area contributed by atoms with E-state index in [1.165, 1.54) is 5.56 Å². The molecule has 0 N–H and O–H groups in total. The molecule has 0 saturated heterocycles. The molecule has 0 bridgehead atoms. The molecule has 0 spiro atoms. The Labute approximate surface area is 142 Å². The number of aryl methyl sites for hydroxylation is 1. The van der Waals surface area contributed by atoms with Crippen LogP contribution in [0, 0.1) is 0 Å². The van der Waals surface area contributed by atoms with Gasteiger partial charge in [-0.25, -0.2) is 0 Å². The van der Waals surface area contributed by atoms with Gasteiger partial charge < -0.3 is 18.9 Å². The van der Waals surface area contributed by atoms with Crippen molar-refractivity contribution in [3.05, 3.63) is 47.5 Å². The zero-order valence-corrected chi connectivity index (χ0v) is 14.2. The molecule has 0 amide bonds. The van der Waals surface area contributed by atoms with E-state index in [2.05, 4.69) is 6.92 Å². The van der Waals surface area contributed by atoms with Crippen molar-refractivity contribution in [2.45, 2.75) is 13.3 Å². The highest BCUT2D eigenvalue weighted by Crippen LogP contribution is 2.29. The highest BCUT2D eigenvalue weighted by molar-refractivity contribution is 5.76. The van der Waals surface area contributed by atoms with Crippen LogP contribution in [0.5, 0.6) is 23.0 Å². The SMILES string of the molecule is CCc1ccc(OC)c(OCCOc2cc(C=O)ccc2OC)c1. The Kier molecular flexibility index (Phi) is 6.49. The van der Waals surface area contributed by atoms with Crippen molar-refractivity contribution in [1.29, 1.82) is 0 Å². The summed E-state index contributed by atoms with van der Waals surface area (Å²) in [7, 11) is 3.17. The van der Waals surface area contributed by atoms with E-state index in [0.717, 1.165) is 12.7 Å². The number of ether oxygens (including phenoxy) is 4. The van der Waals surface area contributed by atoms with Crippen molar-refractivity contribution in [2.24, 2.45) is 0 Å². The molecule has 0 radical (unpaired) electrons. The molecular formula is C19H22O5. The molecule has 5 nitrogen and oxygen atoms in total. The maximum atomic E-state index is 10.9. The first kappa shape index (κ1) is 17.7. The third kappa shape index (κ3) is 4.41. The van der Waals surface area contributed by atoms with Crippen LogP contribution in [0.25, 0.3) is 0 Å². The molecule has 0 aliphatic carbocycles. The maximum Gasteiger partial charge on any atom is 0.162 e. The third-order valence-electron chi connectivity index (χ3n) is 3.56. The average Bonchev–Trinajstić information content (AvgIpc) is 2.64. The number of benzene rings is 2. The Morgan fingerprint density at radius 3 is 1.96 bits per heavy atom. The van der Waals surface area contributed by atoms with Gasteiger partial charge in [0.2, 0.25) is 0 Å². The van der Waals surface area contributed by atoms with Gasteiger partial charge in [0.1, 0.15) is 19.5 Å². The van der Waals surface area contributed by atoms with Crippen LogP contribution in [-0.2, 0) is 6.42 Å². The van der Waals surface area contributed by atoms with E-state index in [0.29, 0.717) is 41.8 Å². The van der Waals surface area contributed by atoms with Crippen molar-refractivity contribution in [3.8, 4) is 23.0 Å². The Morgan fingerprint density at radius 2 is 1.42 bits per heavy atom. The van der Waals surface area contributed by atoms with Gasteiger partial charge in [-0.1, -0.05) is 13.0 Å². The van der Waals surface area contributed by atoms with Crippen molar-refractivity contribution < 1.29 is 23.7 Å². The van der Waals surface area contributed by atoms with Crippen LogP contribution < -0.4 is 18.9 Å². The van der Waals surface area contributed by atoms with E-state index in [1.807, 2.05) is 18.2 Å². The molecule has 2 rings (SSSR count). The van der Waals surface area contributed by atoms with Gasteiger partial charge in [0.25, 0.3) is 0 Å². The van der Waals surface area contributed by atoms with Gasteiger partial charge in [0.15, 0.2) is 23.0 Å². The summed E-state index contributed by atoms with van der Waals surface area (Å²) in [4.78, 5) is 10.9. The number of rotatable bonds is 9. The monoisotopic (exact) mass is 330 g/mol. The number of hydrogen-bond donors (Lipinski definition) is 0. The minimum absolute atomic E-state index is 0.318. The normalized spacial score (nSPS) is 10.1. The van der Waals surface area contributed by atoms with Gasteiger partial charge in [-0.15, -0.1) is 0 Å². The minimum atomic E-state index is 0.318. The summed E-state index contributed by atoms with van der Waals surface area (Å²) in [5.41, 5.74) is 1.70. The highest BCUT2D eigenvalue weighted by Gasteiger charge is 2.08. The second-order valence-electron chi connectivity index (χ2n) is 5.06. The molecule has 5 heteroatoms. The number of carbonyl (C=O) groups excluding carboxylic acids is 1. The van der Waals surface area contributed by atoms with E-state index in [4.69, 9.17) is 18.9 Å². The standard InChI is InChI=1S/C19H22O5/c1-4-14-5-7-16(21-2)18(11-14)23-9-10-24-19-12-15(13-20)6-8-17(19)22-3/h5-8,11-13H,4,9-10H2,1-3H3. The molecule has 0 aliphatic rings. The lowest BCUT2D eigenvalue weighted by Crippen LogP contribution is -2.10. The number of hydrogen-bond acceptors (Lipinski definition) is 5. The van der Waals surface area contributed by atoms with Crippen LogP contribution in [-0.4, -0.2) is 33.7 Å². The van der Waals surface area contributed by atoms with E-state index >= 15 is 0 Å². The molecule has 0 aromatic heterocycles. The van der Waals surface area contributed by atoms with Gasteiger partial charge in [-0.05, 0) is 42.3 Å². The van der Waals surface area contributed by atoms with Gasteiger partial charge in [-0.2, -0.15) is 0 Å². The molecule has 2 aromatic carbocycles. The Hall–Kier alpha value is -2.69. The number of methoxy groups -OCH3 is 2. The first-order valence-corrected chi connectivity index (χ1v) is 7.77. The smallest absolute Gasteiger partial charge is 0.162 e. The fourth-order valence-corrected chi connectivity index (χ4v) is 2.24. The molecule has 0 saturated carbocycles. The summed E-state index contributed by atoms with van der Waals surface area (Å²) >= 11 is 0. The lowest BCUT2D eigenvalue weighted by atomic mass is 10.1. The fraction of sp³-hybridized carbons (Fsp3) is 0.316. The molecule has 0 aliphatic heterocycles. The molecule has 2 aromatic rings. The zero-order valence-electron chi connectivity index (χ0n) is 14.2. The molecule has 128 valence electrons. The van der Waals surface area contributed by atoms with Crippen LogP contribution in [0.1, 0.15) is 22.8 Å². The second kappa shape index (κ2) is 8.82. The molecule has 24 heavy (non-hydrogen) atoms. The van der Waals surface area contributed by atoms with E-state index < -0.39 is 0 Å². The quantitative estimate of drug-likeness (QED) is 0.520.